The van der Waals surface area contributed by atoms with Crippen LogP contribution in [0.1, 0.15) is 20.8 Å². The summed E-state index contributed by atoms with van der Waals surface area (Å²) in [5.41, 5.74) is -0.877. The lowest BCUT2D eigenvalue weighted by molar-refractivity contribution is 0.0166. The van der Waals surface area contributed by atoms with Crippen molar-refractivity contribution in [3.8, 4) is 0 Å². The van der Waals surface area contributed by atoms with Crippen LogP contribution in [-0.4, -0.2) is 34.4 Å². The summed E-state index contributed by atoms with van der Waals surface area (Å²) < 4.78 is 1.99. The van der Waals surface area contributed by atoms with E-state index in [0.717, 1.165) is 6.54 Å². The summed E-state index contributed by atoms with van der Waals surface area (Å²) in [5, 5.41) is 15.4. The highest BCUT2D eigenvalue weighted by Gasteiger charge is 2.25. The van der Waals surface area contributed by atoms with Crippen LogP contribution in [-0.2, 0) is 6.54 Å². The monoisotopic (exact) mass is 253 g/mol. The van der Waals surface area contributed by atoms with Gasteiger partial charge in [0.1, 0.15) is 0 Å². The number of hydrogen-bond acceptors (Lipinski definition) is 2. The van der Waals surface area contributed by atoms with E-state index in [1.54, 1.807) is 6.92 Å². The van der Waals surface area contributed by atoms with Gasteiger partial charge in [-0.1, -0.05) is 13.8 Å². The molecule has 18 heavy (non-hydrogen) atoms. The number of nitrogens with one attached hydrogen (secondary N) is 2. The lowest BCUT2D eigenvalue weighted by Crippen LogP contribution is -2.47. The Labute approximate surface area is 108 Å². The van der Waals surface area contributed by atoms with Crippen molar-refractivity contribution in [2.45, 2.75) is 32.9 Å². The van der Waals surface area contributed by atoms with Crippen molar-refractivity contribution in [3.63, 3.8) is 0 Å². The minimum Gasteiger partial charge on any atom is -0.388 e. The predicted octanol–water partition coefficient (Wildman–Crippen LogP) is 1.19. The Morgan fingerprint density at radius 2 is 1.94 bits per heavy atom. The molecule has 0 aliphatic heterocycles. The molecule has 0 spiro atoms. The molecule has 0 aliphatic carbocycles. The molecule has 0 aliphatic rings. The molecule has 102 valence electrons. The van der Waals surface area contributed by atoms with Gasteiger partial charge in [0.15, 0.2) is 0 Å². The van der Waals surface area contributed by atoms with E-state index in [0.29, 0.717) is 6.54 Å². The predicted molar refractivity (Wildman–Crippen MR) is 71.3 cm³/mol. The second kappa shape index (κ2) is 6.44. The number of carbonyl (C=O) groups excluding carboxylic acids is 1. The minimum absolute atomic E-state index is 0.0951. The van der Waals surface area contributed by atoms with Crippen LogP contribution in [0.25, 0.3) is 0 Å². The smallest absolute Gasteiger partial charge is 0.314 e. The summed E-state index contributed by atoms with van der Waals surface area (Å²) in [6.07, 6.45) is 3.90. The number of aliphatic hydroxyl groups is 1. The second-order valence-electron chi connectivity index (χ2n) is 5.04. The summed E-state index contributed by atoms with van der Waals surface area (Å²) in [6, 6.07) is 3.64. The van der Waals surface area contributed by atoms with Crippen LogP contribution >= 0.6 is 0 Å². The first-order valence-electron chi connectivity index (χ1n) is 6.26. The fraction of sp³-hybridized carbons (Fsp3) is 0.615. The van der Waals surface area contributed by atoms with Gasteiger partial charge in [0.2, 0.25) is 0 Å². The molecule has 5 nitrogen and oxygen atoms in total. The molecule has 0 bridgehead atoms. The Balaban J connectivity index is 2.18. The van der Waals surface area contributed by atoms with Gasteiger partial charge in [-0.3, -0.25) is 0 Å². The van der Waals surface area contributed by atoms with Crippen LogP contribution in [0.2, 0.25) is 0 Å². The Kier molecular flexibility index (Phi) is 5.22. The summed E-state index contributed by atoms with van der Waals surface area (Å²) in [6.45, 7) is 7.11. The zero-order valence-corrected chi connectivity index (χ0v) is 11.3. The Bertz CT molecular complexity index is 358. The topological polar surface area (TPSA) is 66.3 Å². The van der Waals surface area contributed by atoms with Gasteiger partial charge in [-0.15, -0.1) is 0 Å². The third kappa shape index (κ3) is 4.79. The number of aromatic nitrogens is 1. The molecule has 0 saturated carbocycles. The van der Waals surface area contributed by atoms with Crippen LogP contribution in [0, 0.1) is 5.92 Å². The van der Waals surface area contributed by atoms with Gasteiger partial charge in [-0.05, 0) is 25.0 Å². The standard InChI is InChI=1S/C13H23N3O2/c1-11(2)13(3,18)10-15-12(17)14-6-9-16-7-4-5-8-16/h4-5,7-8,11,18H,6,9-10H2,1-3H3,(H2,14,15,17). The molecule has 0 radical (unpaired) electrons. The lowest BCUT2D eigenvalue weighted by atomic mass is 9.93. The zero-order chi connectivity index (χ0) is 13.6. The van der Waals surface area contributed by atoms with Gasteiger partial charge in [0, 0.05) is 32.0 Å². The average Bonchev–Trinajstić information content (AvgIpc) is 2.79. The fourth-order valence-electron chi connectivity index (χ4n) is 1.34. The lowest BCUT2D eigenvalue weighted by Gasteiger charge is -2.27. The summed E-state index contributed by atoms with van der Waals surface area (Å²) in [7, 11) is 0. The quantitative estimate of drug-likeness (QED) is 0.713. The van der Waals surface area contributed by atoms with Crippen molar-refractivity contribution in [3.05, 3.63) is 24.5 Å². The van der Waals surface area contributed by atoms with E-state index in [2.05, 4.69) is 10.6 Å². The minimum atomic E-state index is -0.877. The number of rotatable bonds is 6. The second-order valence-corrected chi connectivity index (χ2v) is 5.04. The Hall–Kier alpha value is -1.49. The van der Waals surface area contributed by atoms with Crippen LogP contribution in [0.3, 0.4) is 0 Å². The number of amides is 2. The Morgan fingerprint density at radius 1 is 1.33 bits per heavy atom. The number of hydrogen-bond donors (Lipinski definition) is 3. The Morgan fingerprint density at radius 3 is 2.50 bits per heavy atom. The van der Waals surface area contributed by atoms with Gasteiger partial charge >= 0.3 is 6.03 Å². The van der Waals surface area contributed by atoms with Crippen molar-refractivity contribution >= 4 is 6.03 Å². The highest BCUT2D eigenvalue weighted by molar-refractivity contribution is 5.73. The molecule has 0 saturated heterocycles. The van der Waals surface area contributed by atoms with Crippen molar-refractivity contribution in [2.24, 2.45) is 5.92 Å². The van der Waals surface area contributed by atoms with Gasteiger partial charge < -0.3 is 20.3 Å². The highest BCUT2D eigenvalue weighted by atomic mass is 16.3. The molecule has 0 fully saturated rings. The van der Waals surface area contributed by atoms with Gasteiger partial charge in [-0.25, -0.2) is 4.79 Å². The molecule has 0 aromatic carbocycles. The fourth-order valence-corrected chi connectivity index (χ4v) is 1.34. The van der Waals surface area contributed by atoms with E-state index in [-0.39, 0.29) is 18.5 Å². The maximum atomic E-state index is 11.5. The van der Waals surface area contributed by atoms with Crippen molar-refractivity contribution in [2.75, 3.05) is 13.1 Å². The molecular weight excluding hydrogens is 230 g/mol. The zero-order valence-electron chi connectivity index (χ0n) is 11.3. The molecule has 1 aromatic rings. The summed E-state index contributed by atoms with van der Waals surface area (Å²) >= 11 is 0. The van der Waals surface area contributed by atoms with Gasteiger partial charge in [-0.2, -0.15) is 0 Å². The maximum absolute atomic E-state index is 11.5. The number of urea groups is 1. The molecule has 1 aromatic heterocycles. The van der Waals surface area contributed by atoms with Crippen LogP contribution in [0.15, 0.2) is 24.5 Å². The third-order valence-corrected chi connectivity index (χ3v) is 3.17. The molecule has 2 amide bonds. The number of carbonyl (C=O) groups is 1. The summed E-state index contributed by atoms with van der Waals surface area (Å²) in [5.74, 6) is 0.0951. The van der Waals surface area contributed by atoms with Crippen molar-refractivity contribution in [1.29, 1.82) is 0 Å². The van der Waals surface area contributed by atoms with E-state index in [1.165, 1.54) is 0 Å². The van der Waals surface area contributed by atoms with E-state index in [1.807, 2.05) is 42.9 Å². The SMILES string of the molecule is CC(C)C(C)(O)CNC(=O)NCCn1cccc1. The highest BCUT2D eigenvalue weighted by Crippen LogP contribution is 2.14. The molecule has 1 heterocycles. The molecule has 5 heteroatoms. The van der Waals surface area contributed by atoms with E-state index < -0.39 is 5.60 Å². The largest absolute Gasteiger partial charge is 0.388 e. The van der Waals surface area contributed by atoms with E-state index in [9.17, 15) is 9.90 Å². The molecule has 1 unspecified atom stereocenters. The van der Waals surface area contributed by atoms with E-state index >= 15 is 0 Å². The van der Waals surface area contributed by atoms with Gasteiger partial charge in [0.05, 0.1) is 5.60 Å². The first-order valence-corrected chi connectivity index (χ1v) is 6.26. The van der Waals surface area contributed by atoms with Gasteiger partial charge in [0.25, 0.3) is 0 Å². The normalized spacial score (nSPS) is 14.3. The first kappa shape index (κ1) is 14.6. The van der Waals surface area contributed by atoms with Crippen LogP contribution < -0.4 is 10.6 Å². The maximum Gasteiger partial charge on any atom is 0.314 e. The number of nitrogens with zero attached hydrogens (tertiary/aromatic N) is 1. The molecular formula is C13H23N3O2. The van der Waals surface area contributed by atoms with Crippen molar-refractivity contribution in [1.82, 2.24) is 15.2 Å². The molecule has 1 rings (SSSR count). The van der Waals surface area contributed by atoms with Crippen molar-refractivity contribution < 1.29 is 9.90 Å². The van der Waals surface area contributed by atoms with Crippen LogP contribution in [0.4, 0.5) is 4.79 Å². The van der Waals surface area contributed by atoms with E-state index in [4.69, 9.17) is 0 Å². The molecule has 1 atom stereocenters. The third-order valence-electron chi connectivity index (χ3n) is 3.17. The average molecular weight is 253 g/mol. The first-order chi connectivity index (χ1) is 8.42. The van der Waals surface area contributed by atoms with Crippen LogP contribution in [0.5, 0.6) is 0 Å². The summed E-state index contributed by atoms with van der Waals surface area (Å²) in [4.78, 5) is 11.5. The molecule has 3 N–H and O–H groups in total.